The van der Waals surface area contributed by atoms with Crippen molar-refractivity contribution >= 4 is 11.8 Å². The van der Waals surface area contributed by atoms with Gasteiger partial charge in [0.2, 0.25) is 0 Å². The van der Waals surface area contributed by atoms with Crippen molar-refractivity contribution in [1.29, 1.82) is 0 Å². The second kappa shape index (κ2) is 9.85. The molecule has 0 aromatic heterocycles. The van der Waals surface area contributed by atoms with Crippen LogP contribution in [0.15, 0.2) is 35.6 Å². The second-order valence-electron chi connectivity index (χ2n) is 7.35. The largest absolute Gasteiger partial charge is 0.501 e. The Morgan fingerprint density at radius 1 is 1.37 bits per heavy atom. The number of Topliss-reactive ketones (excluding diaryl/α,β-unsaturated/α-hetero) is 1. The van der Waals surface area contributed by atoms with E-state index in [2.05, 4.69) is 6.58 Å². The minimum Gasteiger partial charge on any atom is -0.501 e. The van der Waals surface area contributed by atoms with Crippen molar-refractivity contribution in [3.63, 3.8) is 0 Å². The van der Waals surface area contributed by atoms with Crippen LogP contribution in [0.1, 0.15) is 47.0 Å². The van der Waals surface area contributed by atoms with E-state index in [4.69, 9.17) is 9.47 Å². The Bertz CT molecular complexity index is 633. The van der Waals surface area contributed by atoms with Gasteiger partial charge in [0, 0.05) is 6.42 Å². The highest BCUT2D eigenvalue weighted by atomic mass is 16.5. The summed E-state index contributed by atoms with van der Waals surface area (Å²) in [4.78, 5) is 25.2. The lowest BCUT2D eigenvalue weighted by Crippen LogP contribution is -2.48. The smallest absolute Gasteiger partial charge is 0.316 e. The number of rotatable bonds is 3. The summed E-state index contributed by atoms with van der Waals surface area (Å²) in [7, 11) is 1.44. The van der Waals surface area contributed by atoms with Gasteiger partial charge in [-0.3, -0.25) is 9.59 Å². The number of hydrogen-bond donors (Lipinski definition) is 2. The van der Waals surface area contributed by atoms with Crippen LogP contribution in [0.3, 0.4) is 0 Å². The monoisotopic (exact) mass is 380 g/mol. The highest BCUT2D eigenvalue weighted by Gasteiger charge is 2.42. The molecule has 1 rings (SSSR count). The van der Waals surface area contributed by atoms with Crippen LogP contribution < -0.4 is 0 Å². The molecule has 4 atom stereocenters. The fourth-order valence-electron chi connectivity index (χ4n) is 3.22. The van der Waals surface area contributed by atoms with Gasteiger partial charge in [0.05, 0.1) is 19.5 Å². The fourth-order valence-corrected chi connectivity index (χ4v) is 3.22. The number of allylic oxidation sites excluding steroid dienone is 3. The number of esters is 1. The quantitative estimate of drug-likeness (QED) is 0.578. The summed E-state index contributed by atoms with van der Waals surface area (Å²) in [6.07, 6.45) is 4.19. The number of hydrogen-bond acceptors (Lipinski definition) is 6. The van der Waals surface area contributed by atoms with E-state index >= 15 is 0 Å². The summed E-state index contributed by atoms with van der Waals surface area (Å²) < 4.78 is 10.8. The number of cyclic esters (lactones) is 1. The zero-order valence-electron chi connectivity index (χ0n) is 16.9. The lowest BCUT2D eigenvalue weighted by atomic mass is 9.86. The summed E-state index contributed by atoms with van der Waals surface area (Å²) in [5, 5.41) is 20.4. The van der Waals surface area contributed by atoms with Gasteiger partial charge in [0.15, 0.2) is 11.4 Å². The molecule has 0 bridgehead atoms. The molecule has 0 aromatic carbocycles. The van der Waals surface area contributed by atoms with Crippen LogP contribution in [-0.2, 0) is 19.1 Å². The first-order valence-corrected chi connectivity index (χ1v) is 9.26. The van der Waals surface area contributed by atoms with Gasteiger partial charge >= 0.3 is 5.97 Å². The van der Waals surface area contributed by atoms with Gasteiger partial charge in [-0.05, 0) is 44.3 Å². The molecule has 0 aromatic rings. The maximum atomic E-state index is 12.7. The molecule has 4 unspecified atom stereocenters. The molecule has 27 heavy (non-hydrogen) atoms. The van der Waals surface area contributed by atoms with Crippen molar-refractivity contribution in [1.82, 2.24) is 0 Å². The van der Waals surface area contributed by atoms with Crippen LogP contribution in [-0.4, -0.2) is 47.4 Å². The predicted octanol–water partition coefficient (Wildman–Crippen LogP) is 2.70. The molecule has 0 radical (unpaired) electrons. The molecular formula is C21H32O6. The molecule has 0 aliphatic carbocycles. The van der Waals surface area contributed by atoms with Crippen LogP contribution in [0.25, 0.3) is 0 Å². The summed E-state index contributed by atoms with van der Waals surface area (Å²) in [5.74, 6) is -2.33. The van der Waals surface area contributed by atoms with Crippen molar-refractivity contribution in [3.8, 4) is 0 Å². The highest BCUT2D eigenvalue weighted by molar-refractivity contribution is 6.03. The predicted molar refractivity (Wildman–Crippen MR) is 103 cm³/mol. The first-order chi connectivity index (χ1) is 12.6. The second-order valence-corrected chi connectivity index (χ2v) is 7.35. The van der Waals surface area contributed by atoms with E-state index in [-0.39, 0.29) is 12.3 Å². The number of ketones is 1. The number of carbonyl (C=O) groups excluding carboxylic acids is 2. The molecule has 0 saturated heterocycles. The van der Waals surface area contributed by atoms with E-state index in [1.165, 1.54) is 14.0 Å². The molecular weight excluding hydrogens is 348 g/mol. The van der Waals surface area contributed by atoms with Crippen LogP contribution >= 0.6 is 0 Å². The normalized spacial score (nSPS) is 35.4. The topological polar surface area (TPSA) is 93.1 Å². The molecule has 2 N–H and O–H groups in total. The highest BCUT2D eigenvalue weighted by Crippen LogP contribution is 2.27. The Balaban J connectivity index is 3.38. The van der Waals surface area contributed by atoms with Gasteiger partial charge in [0.1, 0.15) is 12.0 Å². The SMILES string of the molecule is C=C1/C=C(/C)C(CC)OC(=O)C(C)C(=O)C(O)(CO)C/C(OC)=C\C(C)C1. The van der Waals surface area contributed by atoms with E-state index in [1.54, 1.807) is 6.08 Å². The van der Waals surface area contributed by atoms with Crippen LogP contribution in [0, 0.1) is 11.8 Å². The Hall–Kier alpha value is -1.92. The third kappa shape index (κ3) is 6.04. The van der Waals surface area contributed by atoms with Crippen molar-refractivity contribution in [2.45, 2.75) is 58.7 Å². The van der Waals surface area contributed by atoms with Crippen LogP contribution in [0.4, 0.5) is 0 Å². The minimum atomic E-state index is -2.12. The molecule has 0 saturated carbocycles. The molecule has 1 aliphatic heterocycles. The maximum absolute atomic E-state index is 12.7. The maximum Gasteiger partial charge on any atom is 0.316 e. The lowest BCUT2D eigenvalue weighted by molar-refractivity contribution is -0.162. The number of methoxy groups -OCH3 is 1. The van der Waals surface area contributed by atoms with Gasteiger partial charge < -0.3 is 19.7 Å². The van der Waals surface area contributed by atoms with Gasteiger partial charge in [-0.1, -0.05) is 32.1 Å². The molecule has 6 nitrogen and oxygen atoms in total. The minimum absolute atomic E-state index is 0.0394. The lowest BCUT2D eigenvalue weighted by Gasteiger charge is -2.29. The van der Waals surface area contributed by atoms with E-state index in [0.29, 0.717) is 18.6 Å². The summed E-state index contributed by atoms with van der Waals surface area (Å²) >= 11 is 0. The van der Waals surface area contributed by atoms with Gasteiger partial charge in [-0.2, -0.15) is 0 Å². The Labute approximate surface area is 161 Å². The first kappa shape index (κ1) is 23.1. The Morgan fingerprint density at radius 2 is 2.00 bits per heavy atom. The third-order valence-electron chi connectivity index (χ3n) is 4.82. The zero-order chi connectivity index (χ0) is 20.8. The van der Waals surface area contributed by atoms with Crippen LogP contribution in [0.5, 0.6) is 0 Å². The standard InChI is InChI=1S/C21H32O6/c1-7-18-15(4)9-13(2)8-14(3)10-17(26-6)11-21(25,12-22)19(23)16(5)20(24)27-18/h9-10,14,16,18,22,25H,2,7-8,11-12H2,1,3-6H3/b15-9-,17-10+. The number of carbonyl (C=O) groups is 2. The van der Waals surface area contributed by atoms with Crippen LogP contribution in [0.2, 0.25) is 0 Å². The molecule has 6 heteroatoms. The molecule has 1 heterocycles. The van der Waals surface area contributed by atoms with E-state index in [9.17, 15) is 19.8 Å². The van der Waals surface area contributed by atoms with Gasteiger partial charge in [-0.15, -0.1) is 0 Å². The van der Waals surface area contributed by atoms with E-state index in [1.807, 2.05) is 26.8 Å². The summed E-state index contributed by atoms with van der Waals surface area (Å²) in [5.41, 5.74) is -0.402. The Morgan fingerprint density at radius 3 is 2.52 bits per heavy atom. The zero-order valence-corrected chi connectivity index (χ0v) is 16.9. The number of aliphatic hydroxyl groups is 2. The molecule has 1 aliphatic rings. The Kier molecular flexibility index (Phi) is 8.44. The van der Waals surface area contributed by atoms with Gasteiger partial charge in [0.25, 0.3) is 0 Å². The molecule has 0 fully saturated rings. The van der Waals surface area contributed by atoms with Crippen molar-refractivity contribution < 1.29 is 29.3 Å². The number of ether oxygens (including phenoxy) is 2. The number of aliphatic hydroxyl groups excluding tert-OH is 1. The fraction of sp³-hybridized carbons (Fsp3) is 0.619. The van der Waals surface area contributed by atoms with E-state index < -0.39 is 36.0 Å². The molecule has 152 valence electrons. The van der Waals surface area contributed by atoms with E-state index in [0.717, 1.165) is 11.1 Å². The first-order valence-electron chi connectivity index (χ1n) is 9.26. The van der Waals surface area contributed by atoms with Crippen molar-refractivity contribution in [2.75, 3.05) is 13.7 Å². The third-order valence-corrected chi connectivity index (χ3v) is 4.82. The average molecular weight is 380 g/mol. The summed E-state index contributed by atoms with van der Waals surface area (Å²) in [6, 6.07) is 0. The average Bonchev–Trinajstić information content (AvgIpc) is 2.62. The summed E-state index contributed by atoms with van der Waals surface area (Å²) in [6.45, 7) is 10.3. The van der Waals surface area contributed by atoms with Crippen molar-refractivity contribution in [2.24, 2.45) is 11.8 Å². The molecule has 0 spiro atoms. The molecule has 0 amide bonds. The van der Waals surface area contributed by atoms with Gasteiger partial charge in [-0.25, -0.2) is 0 Å². The van der Waals surface area contributed by atoms with Crippen molar-refractivity contribution in [3.05, 3.63) is 35.6 Å².